The number of nitrogens with one attached hydrogen (secondary N) is 2. The Morgan fingerprint density at radius 3 is 2.57 bits per heavy atom. The van der Waals surface area contributed by atoms with Crippen LogP contribution in [0.4, 0.5) is 5.69 Å². The number of carbonyl (C=O) groups is 2. The van der Waals surface area contributed by atoms with Gasteiger partial charge in [0.2, 0.25) is 0 Å². The molecule has 0 bridgehead atoms. The number of hydrogen-bond donors (Lipinski definition) is 2. The highest BCUT2D eigenvalue weighted by atomic mass is 35.5. The van der Waals surface area contributed by atoms with Gasteiger partial charge in [-0.15, -0.1) is 0 Å². The number of benzene rings is 1. The molecule has 7 heteroatoms. The van der Waals surface area contributed by atoms with E-state index < -0.39 is 11.8 Å². The lowest BCUT2D eigenvalue weighted by atomic mass is 10.3. The van der Waals surface area contributed by atoms with E-state index in [0.717, 1.165) is 31.4 Å². The van der Waals surface area contributed by atoms with E-state index in [1.165, 1.54) is 13.2 Å². The maximum atomic E-state index is 11.7. The normalized spacial score (nSPS) is 13.7. The van der Waals surface area contributed by atoms with E-state index in [-0.39, 0.29) is 0 Å². The molecule has 0 saturated heterocycles. The summed E-state index contributed by atoms with van der Waals surface area (Å²) in [6.07, 6.45) is 3.89. The maximum absolute atomic E-state index is 11.7. The zero-order chi connectivity index (χ0) is 15.2. The Balaban J connectivity index is 1.92. The van der Waals surface area contributed by atoms with Crippen molar-refractivity contribution in [3.8, 4) is 5.75 Å². The van der Waals surface area contributed by atoms with Gasteiger partial charge in [-0.05, 0) is 43.9 Å². The minimum Gasteiger partial charge on any atom is -0.495 e. The smallest absolute Gasteiger partial charge is 0.329 e. The van der Waals surface area contributed by atoms with Crippen LogP contribution in [0, 0.1) is 0 Å². The van der Waals surface area contributed by atoms with Crippen molar-refractivity contribution in [2.45, 2.75) is 25.7 Å². The highest BCUT2D eigenvalue weighted by molar-refractivity contribution is 6.40. The first-order valence-corrected chi connectivity index (χ1v) is 6.98. The zero-order valence-corrected chi connectivity index (χ0v) is 12.4. The van der Waals surface area contributed by atoms with Crippen LogP contribution in [0.1, 0.15) is 25.7 Å². The molecule has 0 aromatic heterocycles. The second-order valence-electron chi connectivity index (χ2n) is 4.63. The third kappa shape index (κ3) is 4.19. The lowest BCUT2D eigenvalue weighted by Crippen LogP contribution is -2.32. The van der Waals surface area contributed by atoms with E-state index in [4.69, 9.17) is 16.3 Å². The number of methoxy groups -OCH3 is 1. The molecule has 2 amide bonds. The summed E-state index contributed by atoms with van der Waals surface area (Å²) < 4.78 is 5.01. The highest BCUT2D eigenvalue weighted by Gasteiger charge is 2.15. The van der Waals surface area contributed by atoms with E-state index in [1.54, 1.807) is 12.1 Å². The predicted molar refractivity (Wildman–Crippen MR) is 80.7 cm³/mol. The Morgan fingerprint density at radius 1 is 1.24 bits per heavy atom. The van der Waals surface area contributed by atoms with Crippen LogP contribution in [0.15, 0.2) is 23.3 Å². The highest BCUT2D eigenvalue weighted by Crippen LogP contribution is 2.27. The molecular weight excluding hydrogens is 294 g/mol. The Kier molecular flexibility index (Phi) is 5.16. The molecule has 2 N–H and O–H groups in total. The lowest BCUT2D eigenvalue weighted by molar-refractivity contribution is -0.136. The van der Waals surface area contributed by atoms with Gasteiger partial charge >= 0.3 is 11.8 Å². The Bertz CT molecular complexity index is 579. The standard InChI is InChI=1S/C14H16ClN3O3/c1-21-12-7-6-10(8-11(12)15)16-13(19)14(20)18-17-9-4-2-3-5-9/h6-8H,2-5H2,1H3,(H,16,19)(H,18,20). The van der Waals surface area contributed by atoms with Crippen molar-refractivity contribution in [2.24, 2.45) is 5.10 Å². The Hall–Kier alpha value is -2.08. The van der Waals surface area contributed by atoms with Crippen LogP contribution in [-0.2, 0) is 9.59 Å². The molecule has 1 aromatic rings. The van der Waals surface area contributed by atoms with Crippen molar-refractivity contribution in [1.82, 2.24) is 5.43 Å². The summed E-state index contributed by atoms with van der Waals surface area (Å²) in [7, 11) is 1.50. The topological polar surface area (TPSA) is 79.8 Å². The number of rotatable bonds is 3. The van der Waals surface area contributed by atoms with Crippen LogP contribution in [-0.4, -0.2) is 24.6 Å². The molecule has 0 atom stereocenters. The van der Waals surface area contributed by atoms with E-state index in [2.05, 4.69) is 15.8 Å². The number of nitrogens with zero attached hydrogens (tertiary/aromatic N) is 1. The number of anilines is 1. The number of amides is 2. The number of carbonyl (C=O) groups excluding carboxylic acids is 2. The van der Waals surface area contributed by atoms with Gasteiger partial charge in [0, 0.05) is 11.4 Å². The second kappa shape index (κ2) is 7.08. The van der Waals surface area contributed by atoms with Crippen LogP contribution in [0.3, 0.4) is 0 Å². The fraction of sp³-hybridized carbons (Fsp3) is 0.357. The number of halogens is 1. The molecular formula is C14H16ClN3O3. The summed E-state index contributed by atoms with van der Waals surface area (Å²) in [5.41, 5.74) is 3.59. The number of hydrazone groups is 1. The van der Waals surface area contributed by atoms with Crippen LogP contribution in [0.5, 0.6) is 5.75 Å². The average molecular weight is 310 g/mol. The van der Waals surface area contributed by atoms with Crippen LogP contribution in [0.25, 0.3) is 0 Å². The molecule has 6 nitrogen and oxygen atoms in total. The van der Waals surface area contributed by atoms with Gasteiger partial charge in [-0.25, -0.2) is 5.43 Å². The van der Waals surface area contributed by atoms with E-state index in [0.29, 0.717) is 16.5 Å². The van der Waals surface area contributed by atoms with Gasteiger partial charge in [-0.3, -0.25) is 9.59 Å². The number of ether oxygens (including phenoxy) is 1. The molecule has 1 aliphatic rings. The van der Waals surface area contributed by atoms with Crippen molar-refractivity contribution in [1.29, 1.82) is 0 Å². The minimum absolute atomic E-state index is 0.349. The third-order valence-electron chi connectivity index (χ3n) is 3.11. The van der Waals surface area contributed by atoms with E-state index in [1.807, 2.05) is 0 Å². The molecule has 2 rings (SSSR count). The van der Waals surface area contributed by atoms with E-state index >= 15 is 0 Å². The van der Waals surface area contributed by atoms with Gasteiger partial charge in [0.15, 0.2) is 0 Å². The molecule has 0 heterocycles. The van der Waals surface area contributed by atoms with Crippen molar-refractivity contribution in [3.05, 3.63) is 23.2 Å². The largest absolute Gasteiger partial charge is 0.495 e. The van der Waals surface area contributed by atoms with Gasteiger partial charge in [0.25, 0.3) is 0 Å². The first-order chi connectivity index (χ1) is 10.1. The van der Waals surface area contributed by atoms with Crippen LogP contribution in [0.2, 0.25) is 5.02 Å². The lowest BCUT2D eigenvalue weighted by Gasteiger charge is -2.07. The van der Waals surface area contributed by atoms with Gasteiger partial charge in [-0.1, -0.05) is 11.6 Å². The summed E-state index contributed by atoms with van der Waals surface area (Å²) in [4.78, 5) is 23.3. The average Bonchev–Trinajstić information content (AvgIpc) is 2.98. The Morgan fingerprint density at radius 2 is 1.95 bits per heavy atom. The maximum Gasteiger partial charge on any atom is 0.329 e. The molecule has 0 aliphatic heterocycles. The molecule has 1 aromatic carbocycles. The van der Waals surface area contributed by atoms with E-state index in [9.17, 15) is 9.59 Å². The molecule has 1 aliphatic carbocycles. The molecule has 1 saturated carbocycles. The van der Waals surface area contributed by atoms with Crippen molar-refractivity contribution < 1.29 is 14.3 Å². The molecule has 21 heavy (non-hydrogen) atoms. The summed E-state index contributed by atoms with van der Waals surface area (Å²) >= 11 is 5.94. The number of hydrogen-bond acceptors (Lipinski definition) is 4. The fourth-order valence-corrected chi connectivity index (χ4v) is 2.27. The summed E-state index contributed by atoms with van der Waals surface area (Å²) in [5, 5.41) is 6.74. The summed E-state index contributed by atoms with van der Waals surface area (Å²) in [6.45, 7) is 0. The molecule has 0 radical (unpaired) electrons. The molecule has 112 valence electrons. The van der Waals surface area contributed by atoms with Gasteiger partial charge in [0.05, 0.1) is 12.1 Å². The first-order valence-electron chi connectivity index (χ1n) is 6.60. The Labute approximate surface area is 127 Å². The SMILES string of the molecule is COc1ccc(NC(=O)C(=O)NN=C2CCCC2)cc1Cl. The minimum atomic E-state index is -0.804. The first kappa shape index (κ1) is 15.3. The van der Waals surface area contributed by atoms with Crippen molar-refractivity contribution in [2.75, 3.05) is 12.4 Å². The molecule has 0 unspecified atom stereocenters. The second-order valence-corrected chi connectivity index (χ2v) is 5.04. The van der Waals surface area contributed by atoms with Crippen molar-refractivity contribution >= 4 is 34.8 Å². The van der Waals surface area contributed by atoms with Gasteiger partial charge in [-0.2, -0.15) is 5.10 Å². The van der Waals surface area contributed by atoms with Gasteiger partial charge < -0.3 is 10.1 Å². The van der Waals surface area contributed by atoms with Crippen LogP contribution < -0.4 is 15.5 Å². The third-order valence-corrected chi connectivity index (χ3v) is 3.41. The summed E-state index contributed by atoms with van der Waals surface area (Å²) in [5.74, 6) is -1.10. The van der Waals surface area contributed by atoms with Gasteiger partial charge in [0.1, 0.15) is 5.75 Å². The fourth-order valence-electron chi connectivity index (χ4n) is 2.01. The summed E-state index contributed by atoms with van der Waals surface area (Å²) in [6, 6.07) is 4.71. The predicted octanol–water partition coefficient (Wildman–Crippen LogP) is 2.33. The zero-order valence-electron chi connectivity index (χ0n) is 11.6. The molecule has 1 fully saturated rings. The van der Waals surface area contributed by atoms with Crippen LogP contribution >= 0.6 is 11.6 Å². The monoisotopic (exact) mass is 309 g/mol. The molecule has 0 spiro atoms. The quantitative estimate of drug-likeness (QED) is 0.664. The van der Waals surface area contributed by atoms with Crippen molar-refractivity contribution in [3.63, 3.8) is 0 Å².